The van der Waals surface area contributed by atoms with Crippen LogP contribution in [0.3, 0.4) is 0 Å². The van der Waals surface area contributed by atoms with Gasteiger partial charge < -0.3 is 5.32 Å². The van der Waals surface area contributed by atoms with E-state index < -0.39 is 0 Å². The van der Waals surface area contributed by atoms with E-state index >= 15 is 0 Å². The van der Waals surface area contributed by atoms with Gasteiger partial charge in [0.2, 0.25) is 0 Å². The van der Waals surface area contributed by atoms with Crippen molar-refractivity contribution in [2.24, 2.45) is 0 Å². The highest BCUT2D eigenvalue weighted by Gasteiger charge is 2.20. The van der Waals surface area contributed by atoms with Crippen LogP contribution in [0.15, 0.2) is 30.3 Å². The van der Waals surface area contributed by atoms with Crippen molar-refractivity contribution in [3.63, 3.8) is 0 Å². The Kier molecular flexibility index (Phi) is 3.39. The Hall–Kier alpha value is -2.70. The van der Waals surface area contributed by atoms with Crippen LogP contribution in [0, 0.1) is 6.92 Å². The zero-order valence-corrected chi connectivity index (χ0v) is 11.9. The molecule has 108 valence electrons. The Balaban J connectivity index is 2.13. The van der Waals surface area contributed by atoms with Crippen LogP contribution in [0.5, 0.6) is 0 Å². The van der Waals surface area contributed by atoms with E-state index in [0.29, 0.717) is 17.7 Å². The largest absolute Gasteiger partial charge is 0.345 e. The number of carbonyl (C=O) groups is 1. The molecule has 0 radical (unpaired) electrons. The van der Waals surface area contributed by atoms with Crippen molar-refractivity contribution < 1.29 is 4.79 Å². The van der Waals surface area contributed by atoms with Gasteiger partial charge in [0.25, 0.3) is 0 Å². The van der Waals surface area contributed by atoms with Crippen LogP contribution in [0.25, 0.3) is 16.9 Å². The van der Waals surface area contributed by atoms with E-state index in [4.69, 9.17) is 0 Å². The molecule has 0 aliphatic heterocycles. The van der Waals surface area contributed by atoms with Crippen molar-refractivity contribution in [1.29, 1.82) is 0 Å². The number of amides is 1. The van der Waals surface area contributed by atoms with Gasteiger partial charge in [-0.25, -0.2) is 9.48 Å². The highest BCUT2D eigenvalue weighted by Crippen LogP contribution is 2.19. The molecular weight excluding hydrogens is 268 g/mol. The van der Waals surface area contributed by atoms with E-state index in [1.807, 2.05) is 44.2 Å². The lowest BCUT2D eigenvalue weighted by atomic mass is 10.3. The van der Waals surface area contributed by atoms with Crippen LogP contribution in [-0.2, 0) is 0 Å². The van der Waals surface area contributed by atoms with E-state index in [2.05, 4.69) is 20.7 Å². The zero-order valence-electron chi connectivity index (χ0n) is 11.9. The van der Waals surface area contributed by atoms with Crippen molar-refractivity contribution in [3.05, 3.63) is 36.0 Å². The third-order valence-electron chi connectivity index (χ3n) is 3.16. The molecule has 0 fully saturated rings. The maximum Gasteiger partial charge on any atom is 0.345 e. The van der Waals surface area contributed by atoms with Gasteiger partial charge >= 0.3 is 6.03 Å². The van der Waals surface area contributed by atoms with Gasteiger partial charge in [-0.3, -0.25) is 0 Å². The topological polar surface area (TPSA) is 77.6 Å². The van der Waals surface area contributed by atoms with Gasteiger partial charge in [-0.05, 0) is 25.5 Å². The Labute approximate surface area is 121 Å². The monoisotopic (exact) mass is 284 g/mol. The molecule has 3 rings (SSSR count). The number of hydrogen-bond donors (Lipinski definition) is 1. The molecule has 7 nitrogen and oxygen atoms in total. The first-order chi connectivity index (χ1) is 10.2. The number of fused-ring (bicyclic) bond motifs is 1. The van der Waals surface area contributed by atoms with Crippen molar-refractivity contribution in [1.82, 2.24) is 30.1 Å². The molecule has 0 saturated carbocycles. The summed E-state index contributed by atoms with van der Waals surface area (Å²) in [5, 5.41) is 15.3. The molecule has 21 heavy (non-hydrogen) atoms. The summed E-state index contributed by atoms with van der Waals surface area (Å²) in [5.41, 5.74) is 2.81. The van der Waals surface area contributed by atoms with Gasteiger partial charge in [-0.2, -0.15) is 5.10 Å². The molecule has 2 aromatic heterocycles. The molecule has 0 bridgehead atoms. The van der Waals surface area contributed by atoms with Gasteiger partial charge in [-0.1, -0.05) is 30.3 Å². The summed E-state index contributed by atoms with van der Waals surface area (Å²) >= 11 is 0. The summed E-state index contributed by atoms with van der Waals surface area (Å²) in [6, 6.07) is 9.32. The van der Waals surface area contributed by atoms with Crippen LogP contribution in [0.1, 0.15) is 19.0 Å². The van der Waals surface area contributed by atoms with Gasteiger partial charge in [0.05, 0.1) is 11.4 Å². The van der Waals surface area contributed by atoms with Crippen molar-refractivity contribution in [2.75, 3.05) is 6.54 Å². The first kappa shape index (κ1) is 13.3. The number of nitrogens with zero attached hydrogens (tertiary/aromatic N) is 5. The predicted octanol–water partition coefficient (Wildman–Crippen LogP) is 1.89. The number of para-hydroxylation sites is 1. The lowest BCUT2D eigenvalue weighted by Gasteiger charge is -2.06. The van der Waals surface area contributed by atoms with Crippen molar-refractivity contribution in [2.45, 2.75) is 20.3 Å². The molecule has 1 amide bonds. The van der Waals surface area contributed by atoms with Crippen LogP contribution >= 0.6 is 0 Å². The van der Waals surface area contributed by atoms with E-state index in [0.717, 1.165) is 17.8 Å². The second kappa shape index (κ2) is 5.35. The summed E-state index contributed by atoms with van der Waals surface area (Å²) < 4.78 is 2.95. The molecule has 3 aromatic rings. The van der Waals surface area contributed by atoms with Crippen LogP contribution in [0.2, 0.25) is 0 Å². The fraction of sp³-hybridized carbons (Fsp3) is 0.286. The number of aryl methyl sites for hydroxylation is 1. The molecule has 0 atom stereocenters. The number of carbonyl (C=O) groups excluding carboxylic acids is 1. The summed E-state index contributed by atoms with van der Waals surface area (Å²) in [6.07, 6.45) is 0.862. The van der Waals surface area contributed by atoms with Gasteiger partial charge in [0.1, 0.15) is 0 Å². The molecule has 0 saturated heterocycles. The number of rotatable bonds is 3. The van der Waals surface area contributed by atoms with E-state index in [1.165, 1.54) is 4.68 Å². The lowest BCUT2D eigenvalue weighted by molar-refractivity contribution is 0.239. The third kappa shape index (κ3) is 2.26. The number of aromatic nitrogens is 5. The predicted molar refractivity (Wildman–Crippen MR) is 78.5 cm³/mol. The molecule has 7 heteroatoms. The van der Waals surface area contributed by atoms with Crippen molar-refractivity contribution >= 4 is 17.2 Å². The average Bonchev–Trinajstić information content (AvgIpc) is 3.07. The number of hydrogen-bond acceptors (Lipinski definition) is 4. The standard InChI is InChI=1S/C14H16N6O/c1-3-9-15-14(21)20-13-12(16-18-20)10(2)17-19(13)11-7-5-4-6-8-11/h4-8H,3,9H2,1-2H3,(H,15,21). The molecule has 0 aliphatic carbocycles. The Morgan fingerprint density at radius 3 is 2.76 bits per heavy atom. The maximum atomic E-state index is 12.2. The first-order valence-corrected chi connectivity index (χ1v) is 6.87. The molecule has 2 heterocycles. The number of benzene rings is 1. The fourth-order valence-corrected chi connectivity index (χ4v) is 2.14. The quantitative estimate of drug-likeness (QED) is 0.796. The first-order valence-electron chi connectivity index (χ1n) is 6.87. The fourth-order valence-electron chi connectivity index (χ4n) is 2.14. The minimum atomic E-state index is -0.295. The molecule has 1 aromatic carbocycles. The maximum absolute atomic E-state index is 12.2. The van der Waals surface area contributed by atoms with Gasteiger partial charge in [0.15, 0.2) is 11.2 Å². The van der Waals surface area contributed by atoms with E-state index in [9.17, 15) is 4.79 Å². The molecular formula is C14H16N6O. The highest BCUT2D eigenvalue weighted by molar-refractivity contribution is 5.87. The smallest absolute Gasteiger partial charge is 0.336 e. The second-order valence-corrected chi connectivity index (χ2v) is 4.74. The Morgan fingerprint density at radius 1 is 1.29 bits per heavy atom. The van der Waals surface area contributed by atoms with Crippen LogP contribution in [-0.4, -0.2) is 37.4 Å². The molecule has 0 unspecified atom stereocenters. The van der Waals surface area contributed by atoms with Crippen LogP contribution < -0.4 is 5.32 Å². The Bertz CT molecular complexity index is 773. The normalized spacial score (nSPS) is 11.0. The van der Waals surface area contributed by atoms with E-state index in [-0.39, 0.29) is 6.03 Å². The minimum absolute atomic E-state index is 0.295. The molecule has 0 aliphatic rings. The van der Waals surface area contributed by atoms with Crippen molar-refractivity contribution in [3.8, 4) is 5.69 Å². The summed E-state index contributed by atoms with van der Waals surface area (Å²) in [5.74, 6) is 0. The van der Waals surface area contributed by atoms with Crippen LogP contribution in [0.4, 0.5) is 4.79 Å². The van der Waals surface area contributed by atoms with E-state index in [1.54, 1.807) is 4.68 Å². The second-order valence-electron chi connectivity index (χ2n) is 4.74. The summed E-state index contributed by atoms with van der Waals surface area (Å²) in [6.45, 7) is 4.44. The minimum Gasteiger partial charge on any atom is -0.336 e. The average molecular weight is 284 g/mol. The van der Waals surface area contributed by atoms with Gasteiger partial charge in [-0.15, -0.1) is 9.78 Å². The zero-order chi connectivity index (χ0) is 14.8. The molecule has 1 N–H and O–H groups in total. The third-order valence-corrected chi connectivity index (χ3v) is 3.16. The van der Waals surface area contributed by atoms with Gasteiger partial charge in [0, 0.05) is 6.54 Å². The SMILES string of the molecule is CCCNC(=O)n1nnc2c(C)nn(-c3ccccc3)c21. The summed E-state index contributed by atoms with van der Waals surface area (Å²) in [7, 11) is 0. The Morgan fingerprint density at radius 2 is 2.05 bits per heavy atom. The summed E-state index contributed by atoms with van der Waals surface area (Å²) in [4.78, 5) is 12.2. The highest BCUT2D eigenvalue weighted by atomic mass is 16.2. The molecule has 0 spiro atoms. The lowest BCUT2D eigenvalue weighted by Crippen LogP contribution is -2.30. The number of nitrogens with one attached hydrogen (secondary N) is 1.